The van der Waals surface area contributed by atoms with E-state index in [1.807, 2.05) is 13.0 Å². The number of amides is 1. The fraction of sp³-hybridized carbons (Fsp3) is 0.462. The highest BCUT2D eigenvalue weighted by Gasteiger charge is 2.06. The minimum atomic E-state index is -0.0532. The number of halogens is 1. The molecule has 88 valence electrons. The number of carbonyl (C=O) groups is 1. The van der Waals surface area contributed by atoms with Gasteiger partial charge in [-0.1, -0.05) is 31.5 Å². The van der Waals surface area contributed by atoms with Gasteiger partial charge in [0, 0.05) is 17.1 Å². The average Bonchev–Trinajstić information content (AvgIpc) is 2.21. The zero-order valence-corrected chi connectivity index (χ0v) is 10.8. The summed E-state index contributed by atoms with van der Waals surface area (Å²) in [6, 6.07) is 5.37. The first-order chi connectivity index (χ1) is 7.50. The van der Waals surface area contributed by atoms with E-state index in [1.54, 1.807) is 12.1 Å². The largest absolute Gasteiger partial charge is 0.352 e. The molecule has 1 rings (SSSR count). The van der Waals surface area contributed by atoms with E-state index in [1.165, 1.54) is 0 Å². The maximum atomic E-state index is 11.7. The first-order valence-electron chi connectivity index (χ1n) is 5.55. The molecule has 0 heterocycles. The van der Waals surface area contributed by atoms with Crippen LogP contribution in [0.1, 0.15) is 36.2 Å². The summed E-state index contributed by atoms with van der Waals surface area (Å²) in [4.78, 5) is 11.7. The number of hydrogen-bond donors (Lipinski definition) is 1. The van der Waals surface area contributed by atoms with Crippen molar-refractivity contribution < 1.29 is 4.79 Å². The van der Waals surface area contributed by atoms with Crippen LogP contribution in [0, 0.1) is 12.8 Å². The lowest BCUT2D eigenvalue weighted by atomic mass is 10.1. The van der Waals surface area contributed by atoms with Gasteiger partial charge in [-0.05, 0) is 37.0 Å². The number of aryl methyl sites for hydroxylation is 1. The van der Waals surface area contributed by atoms with Gasteiger partial charge in [0.05, 0.1) is 0 Å². The molecule has 1 aromatic carbocycles. The van der Waals surface area contributed by atoms with Crippen LogP contribution in [0.2, 0.25) is 5.02 Å². The molecule has 0 fully saturated rings. The van der Waals surface area contributed by atoms with E-state index < -0.39 is 0 Å². The SMILES string of the molecule is Cc1ccc(C(=O)NCCC(C)C)cc1Cl. The van der Waals surface area contributed by atoms with Crippen LogP contribution in [-0.4, -0.2) is 12.5 Å². The molecule has 0 bridgehead atoms. The normalized spacial score (nSPS) is 10.6. The van der Waals surface area contributed by atoms with Crippen LogP contribution in [0.25, 0.3) is 0 Å². The van der Waals surface area contributed by atoms with Crippen LogP contribution < -0.4 is 5.32 Å². The first kappa shape index (κ1) is 13.0. The van der Waals surface area contributed by atoms with E-state index in [4.69, 9.17) is 11.6 Å². The van der Waals surface area contributed by atoms with Crippen molar-refractivity contribution in [3.8, 4) is 0 Å². The van der Waals surface area contributed by atoms with Gasteiger partial charge in [0.25, 0.3) is 5.91 Å². The predicted octanol–water partition coefficient (Wildman–Crippen LogP) is 3.42. The molecule has 2 nitrogen and oxygen atoms in total. The number of benzene rings is 1. The van der Waals surface area contributed by atoms with Crippen molar-refractivity contribution in [1.29, 1.82) is 0 Å². The van der Waals surface area contributed by atoms with E-state index in [-0.39, 0.29) is 5.91 Å². The molecule has 16 heavy (non-hydrogen) atoms. The zero-order chi connectivity index (χ0) is 12.1. The van der Waals surface area contributed by atoms with Gasteiger partial charge >= 0.3 is 0 Å². The van der Waals surface area contributed by atoms with E-state index in [9.17, 15) is 4.79 Å². The third kappa shape index (κ3) is 3.86. The highest BCUT2D eigenvalue weighted by molar-refractivity contribution is 6.31. The topological polar surface area (TPSA) is 29.1 Å². The van der Waals surface area contributed by atoms with Gasteiger partial charge in [-0.3, -0.25) is 4.79 Å². The summed E-state index contributed by atoms with van der Waals surface area (Å²) < 4.78 is 0. The number of hydrogen-bond acceptors (Lipinski definition) is 1. The summed E-state index contributed by atoms with van der Waals surface area (Å²) in [5.74, 6) is 0.546. The molecule has 0 aliphatic heterocycles. The Morgan fingerprint density at radius 3 is 2.69 bits per heavy atom. The quantitative estimate of drug-likeness (QED) is 0.857. The van der Waals surface area contributed by atoms with Crippen molar-refractivity contribution in [2.24, 2.45) is 5.92 Å². The molecule has 0 aliphatic rings. The molecule has 0 saturated heterocycles. The average molecular weight is 240 g/mol. The molecule has 0 unspecified atom stereocenters. The molecule has 1 aromatic rings. The number of carbonyl (C=O) groups excluding carboxylic acids is 1. The molecule has 0 radical (unpaired) electrons. The second kappa shape index (κ2) is 5.90. The second-order valence-corrected chi connectivity index (χ2v) is 4.81. The smallest absolute Gasteiger partial charge is 0.251 e. The molecule has 1 amide bonds. The summed E-state index contributed by atoms with van der Waals surface area (Å²) in [6.07, 6.45) is 0.991. The van der Waals surface area contributed by atoms with Gasteiger partial charge < -0.3 is 5.32 Å². The molecular weight excluding hydrogens is 222 g/mol. The van der Waals surface area contributed by atoms with Crippen molar-refractivity contribution in [1.82, 2.24) is 5.32 Å². The van der Waals surface area contributed by atoms with Crippen LogP contribution in [-0.2, 0) is 0 Å². The molecule has 0 atom stereocenters. The van der Waals surface area contributed by atoms with Crippen LogP contribution in [0.4, 0.5) is 0 Å². The lowest BCUT2D eigenvalue weighted by Gasteiger charge is -2.08. The van der Waals surface area contributed by atoms with Crippen molar-refractivity contribution in [3.05, 3.63) is 34.3 Å². The summed E-state index contributed by atoms with van der Waals surface area (Å²) in [6.45, 7) is 6.90. The predicted molar refractivity (Wildman–Crippen MR) is 68.0 cm³/mol. The Balaban J connectivity index is 2.56. The standard InChI is InChI=1S/C13H18ClNO/c1-9(2)6-7-15-13(16)11-5-4-10(3)12(14)8-11/h4-5,8-9H,6-7H2,1-3H3,(H,15,16). The summed E-state index contributed by atoms with van der Waals surface area (Å²) >= 11 is 5.96. The Morgan fingerprint density at radius 2 is 2.12 bits per heavy atom. The lowest BCUT2D eigenvalue weighted by Crippen LogP contribution is -2.25. The van der Waals surface area contributed by atoms with Gasteiger partial charge in [-0.25, -0.2) is 0 Å². The van der Waals surface area contributed by atoms with Crippen LogP contribution in [0.5, 0.6) is 0 Å². The monoisotopic (exact) mass is 239 g/mol. The van der Waals surface area contributed by atoms with Crippen LogP contribution >= 0.6 is 11.6 Å². The lowest BCUT2D eigenvalue weighted by molar-refractivity contribution is 0.0952. The molecule has 0 aromatic heterocycles. The third-order valence-corrected chi connectivity index (χ3v) is 2.85. The van der Waals surface area contributed by atoms with Gasteiger partial charge in [0.2, 0.25) is 0 Å². The Hall–Kier alpha value is -1.02. The summed E-state index contributed by atoms with van der Waals surface area (Å²) in [5, 5.41) is 3.52. The highest BCUT2D eigenvalue weighted by Crippen LogP contribution is 2.16. The van der Waals surface area contributed by atoms with E-state index in [2.05, 4.69) is 19.2 Å². The summed E-state index contributed by atoms with van der Waals surface area (Å²) in [7, 11) is 0. The molecule has 3 heteroatoms. The van der Waals surface area contributed by atoms with Gasteiger partial charge in [0.15, 0.2) is 0 Å². The van der Waals surface area contributed by atoms with Crippen molar-refractivity contribution in [2.45, 2.75) is 27.2 Å². The molecule has 0 saturated carbocycles. The fourth-order valence-corrected chi connectivity index (χ4v) is 1.49. The Bertz CT molecular complexity index is 374. The van der Waals surface area contributed by atoms with Gasteiger partial charge in [-0.2, -0.15) is 0 Å². The van der Waals surface area contributed by atoms with Gasteiger partial charge in [0.1, 0.15) is 0 Å². The van der Waals surface area contributed by atoms with E-state index >= 15 is 0 Å². The Morgan fingerprint density at radius 1 is 1.44 bits per heavy atom. The van der Waals surface area contributed by atoms with Crippen LogP contribution in [0.15, 0.2) is 18.2 Å². The first-order valence-corrected chi connectivity index (χ1v) is 5.93. The Kier molecular flexibility index (Phi) is 4.81. The molecular formula is C13H18ClNO. The summed E-state index contributed by atoms with van der Waals surface area (Å²) in [5.41, 5.74) is 1.61. The maximum absolute atomic E-state index is 11.7. The zero-order valence-electron chi connectivity index (χ0n) is 10.0. The van der Waals surface area contributed by atoms with Crippen molar-refractivity contribution in [3.63, 3.8) is 0 Å². The Labute approximate surface area is 102 Å². The van der Waals surface area contributed by atoms with Crippen molar-refractivity contribution in [2.75, 3.05) is 6.54 Å². The fourth-order valence-electron chi connectivity index (χ4n) is 1.31. The third-order valence-electron chi connectivity index (χ3n) is 2.44. The minimum Gasteiger partial charge on any atom is -0.352 e. The molecule has 1 N–H and O–H groups in total. The second-order valence-electron chi connectivity index (χ2n) is 4.40. The highest BCUT2D eigenvalue weighted by atomic mass is 35.5. The number of nitrogens with one attached hydrogen (secondary N) is 1. The molecule has 0 spiro atoms. The maximum Gasteiger partial charge on any atom is 0.251 e. The minimum absolute atomic E-state index is 0.0532. The van der Waals surface area contributed by atoms with Crippen LogP contribution in [0.3, 0.4) is 0 Å². The van der Waals surface area contributed by atoms with E-state index in [0.29, 0.717) is 23.0 Å². The van der Waals surface area contributed by atoms with Crippen molar-refractivity contribution >= 4 is 17.5 Å². The van der Waals surface area contributed by atoms with E-state index in [0.717, 1.165) is 12.0 Å². The van der Waals surface area contributed by atoms with Gasteiger partial charge in [-0.15, -0.1) is 0 Å². The number of rotatable bonds is 4. The molecule has 0 aliphatic carbocycles.